The largest absolute Gasteiger partial charge is 0.369 e. The molecular weight excluding hydrogens is 234 g/mol. The Kier molecular flexibility index (Phi) is 5.67. The highest BCUT2D eigenvalue weighted by atomic mass is 15.3. The third-order valence-corrected chi connectivity index (χ3v) is 3.81. The van der Waals surface area contributed by atoms with Gasteiger partial charge in [0.2, 0.25) is 0 Å². The van der Waals surface area contributed by atoms with E-state index in [9.17, 15) is 0 Å². The summed E-state index contributed by atoms with van der Waals surface area (Å²) < 4.78 is 0. The molecule has 106 valence electrons. The van der Waals surface area contributed by atoms with Crippen LogP contribution in [0.1, 0.15) is 13.8 Å². The Morgan fingerprint density at radius 2 is 1.79 bits per heavy atom. The second-order valence-corrected chi connectivity index (χ2v) is 5.54. The van der Waals surface area contributed by atoms with E-state index in [2.05, 4.69) is 59.3 Å². The Balaban J connectivity index is 1.73. The molecule has 1 N–H and O–H groups in total. The molecule has 1 unspecified atom stereocenters. The van der Waals surface area contributed by atoms with Gasteiger partial charge in [-0.3, -0.25) is 4.90 Å². The zero-order valence-electron chi connectivity index (χ0n) is 12.3. The van der Waals surface area contributed by atoms with Crippen LogP contribution in [0, 0.1) is 5.92 Å². The van der Waals surface area contributed by atoms with Gasteiger partial charge < -0.3 is 10.2 Å². The molecule has 0 amide bonds. The third-order valence-electron chi connectivity index (χ3n) is 3.81. The lowest BCUT2D eigenvalue weighted by Crippen LogP contribution is -2.48. The molecule has 0 aromatic heterocycles. The zero-order chi connectivity index (χ0) is 13.5. The first-order chi connectivity index (χ1) is 9.29. The Labute approximate surface area is 117 Å². The van der Waals surface area contributed by atoms with E-state index >= 15 is 0 Å². The van der Waals surface area contributed by atoms with E-state index < -0.39 is 0 Å². The van der Waals surface area contributed by atoms with Crippen LogP contribution in [-0.2, 0) is 0 Å². The number of anilines is 1. The summed E-state index contributed by atoms with van der Waals surface area (Å²) in [6, 6.07) is 10.8. The Hall–Kier alpha value is -1.06. The van der Waals surface area contributed by atoms with Gasteiger partial charge in [-0.05, 0) is 31.1 Å². The minimum absolute atomic E-state index is 0.739. The number of piperazine rings is 1. The van der Waals surface area contributed by atoms with Gasteiger partial charge in [0.25, 0.3) is 0 Å². The van der Waals surface area contributed by atoms with Crippen LogP contribution in [0.5, 0.6) is 0 Å². The first kappa shape index (κ1) is 14.4. The molecule has 1 aromatic rings. The van der Waals surface area contributed by atoms with E-state index in [1.54, 1.807) is 0 Å². The molecule has 3 nitrogen and oxygen atoms in total. The number of para-hydroxylation sites is 1. The van der Waals surface area contributed by atoms with Gasteiger partial charge in [0.05, 0.1) is 0 Å². The van der Waals surface area contributed by atoms with E-state index in [1.807, 2.05) is 0 Å². The summed E-state index contributed by atoms with van der Waals surface area (Å²) in [6.45, 7) is 12.6. The lowest BCUT2D eigenvalue weighted by atomic mass is 10.1. The number of nitrogens with one attached hydrogen (secondary N) is 1. The molecule has 0 radical (unpaired) electrons. The van der Waals surface area contributed by atoms with Crippen LogP contribution in [-0.4, -0.2) is 50.7 Å². The molecule has 2 rings (SSSR count). The minimum Gasteiger partial charge on any atom is -0.369 e. The maximum Gasteiger partial charge on any atom is 0.0367 e. The van der Waals surface area contributed by atoms with Crippen molar-refractivity contribution in [3.8, 4) is 0 Å². The second kappa shape index (κ2) is 7.51. The first-order valence-electron chi connectivity index (χ1n) is 7.52. The van der Waals surface area contributed by atoms with Gasteiger partial charge in [-0.1, -0.05) is 32.0 Å². The van der Waals surface area contributed by atoms with Crippen molar-refractivity contribution in [2.45, 2.75) is 13.8 Å². The van der Waals surface area contributed by atoms with Gasteiger partial charge in [0, 0.05) is 38.4 Å². The van der Waals surface area contributed by atoms with Crippen molar-refractivity contribution >= 4 is 5.69 Å². The van der Waals surface area contributed by atoms with Crippen LogP contribution in [0.25, 0.3) is 0 Å². The molecule has 0 saturated carbocycles. The maximum atomic E-state index is 3.44. The molecule has 19 heavy (non-hydrogen) atoms. The second-order valence-electron chi connectivity index (χ2n) is 5.54. The monoisotopic (exact) mass is 261 g/mol. The molecule has 0 aliphatic carbocycles. The molecule has 0 bridgehead atoms. The summed E-state index contributed by atoms with van der Waals surface area (Å²) in [7, 11) is 0. The Morgan fingerprint density at radius 1 is 1.11 bits per heavy atom. The molecular formula is C16H27N3. The van der Waals surface area contributed by atoms with Crippen molar-refractivity contribution in [2.24, 2.45) is 5.92 Å². The SMILES string of the molecule is CCNCC(C)CN1CCN(c2ccccc2)CC1. The fourth-order valence-corrected chi connectivity index (χ4v) is 2.72. The van der Waals surface area contributed by atoms with Gasteiger partial charge in [-0.25, -0.2) is 0 Å². The summed E-state index contributed by atoms with van der Waals surface area (Å²) in [5.41, 5.74) is 1.36. The Morgan fingerprint density at radius 3 is 2.42 bits per heavy atom. The highest BCUT2D eigenvalue weighted by Gasteiger charge is 2.18. The van der Waals surface area contributed by atoms with E-state index in [0.717, 1.165) is 32.1 Å². The number of hydrogen-bond donors (Lipinski definition) is 1. The van der Waals surface area contributed by atoms with Gasteiger partial charge in [-0.15, -0.1) is 0 Å². The van der Waals surface area contributed by atoms with Gasteiger partial charge >= 0.3 is 0 Å². The molecule has 1 aromatic carbocycles. The smallest absolute Gasteiger partial charge is 0.0367 e. The number of hydrogen-bond acceptors (Lipinski definition) is 3. The molecule has 1 saturated heterocycles. The van der Waals surface area contributed by atoms with Crippen LogP contribution >= 0.6 is 0 Å². The van der Waals surface area contributed by atoms with Crippen LogP contribution in [0.15, 0.2) is 30.3 Å². The first-order valence-corrected chi connectivity index (χ1v) is 7.52. The fraction of sp³-hybridized carbons (Fsp3) is 0.625. The summed E-state index contributed by atoms with van der Waals surface area (Å²) in [6.07, 6.45) is 0. The van der Waals surface area contributed by atoms with Gasteiger partial charge in [0.1, 0.15) is 0 Å². The van der Waals surface area contributed by atoms with Gasteiger partial charge in [-0.2, -0.15) is 0 Å². The number of benzene rings is 1. The van der Waals surface area contributed by atoms with Crippen LogP contribution in [0.3, 0.4) is 0 Å². The topological polar surface area (TPSA) is 18.5 Å². The van der Waals surface area contributed by atoms with E-state index in [1.165, 1.54) is 25.3 Å². The molecule has 3 heteroatoms. The average Bonchev–Trinajstić information content (AvgIpc) is 2.47. The third kappa shape index (κ3) is 4.51. The molecule has 1 aliphatic heterocycles. The highest BCUT2D eigenvalue weighted by Crippen LogP contribution is 2.15. The zero-order valence-corrected chi connectivity index (χ0v) is 12.3. The van der Waals surface area contributed by atoms with Gasteiger partial charge in [0.15, 0.2) is 0 Å². The van der Waals surface area contributed by atoms with Crippen molar-refractivity contribution in [3.05, 3.63) is 30.3 Å². The van der Waals surface area contributed by atoms with E-state index in [4.69, 9.17) is 0 Å². The standard InChI is InChI=1S/C16H27N3/c1-3-17-13-15(2)14-18-9-11-19(12-10-18)16-7-5-4-6-8-16/h4-8,15,17H,3,9-14H2,1-2H3. The lowest BCUT2D eigenvalue weighted by Gasteiger charge is -2.37. The summed E-state index contributed by atoms with van der Waals surface area (Å²) in [4.78, 5) is 5.09. The van der Waals surface area contributed by atoms with Crippen molar-refractivity contribution in [1.82, 2.24) is 10.2 Å². The molecule has 0 spiro atoms. The molecule has 1 atom stereocenters. The normalized spacial score (nSPS) is 18.5. The fourth-order valence-electron chi connectivity index (χ4n) is 2.72. The van der Waals surface area contributed by atoms with Crippen molar-refractivity contribution in [2.75, 3.05) is 50.7 Å². The number of rotatable bonds is 6. The highest BCUT2D eigenvalue weighted by molar-refractivity contribution is 5.46. The van der Waals surface area contributed by atoms with Crippen LogP contribution in [0.4, 0.5) is 5.69 Å². The van der Waals surface area contributed by atoms with Crippen LogP contribution < -0.4 is 10.2 Å². The summed E-state index contributed by atoms with van der Waals surface area (Å²) >= 11 is 0. The van der Waals surface area contributed by atoms with E-state index in [0.29, 0.717) is 0 Å². The summed E-state index contributed by atoms with van der Waals surface area (Å²) in [5.74, 6) is 0.739. The quantitative estimate of drug-likeness (QED) is 0.845. The predicted octanol–water partition coefficient (Wildman–Crippen LogP) is 2.05. The Bertz CT molecular complexity index is 344. The molecule has 1 fully saturated rings. The van der Waals surface area contributed by atoms with E-state index in [-0.39, 0.29) is 0 Å². The predicted molar refractivity (Wildman–Crippen MR) is 82.8 cm³/mol. The molecule has 1 aliphatic rings. The van der Waals surface area contributed by atoms with Crippen molar-refractivity contribution in [3.63, 3.8) is 0 Å². The molecule has 1 heterocycles. The van der Waals surface area contributed by atoms with Crippen LogP contribution in [0.2, 0.25) is 0 Å². The summed E-state index contributed by atoms with van der Waals surface area (Å²) in [5, 5.41) is 3.44. The minimum atomic E-state index is 0.739. The number of nitrogens with zero attached hydrogens (tertiary/aromatic N) is 2. The lowest BCUT2D eigenvalue weighted by molar-refractivity contribution is 0.223. The van der Waals surface area contributed by atoms with Crippen molar-refractivity contribution in [1.29, 1.82) is 0 Å². The average molecular weight is 261 g/mol. The maximum absolute atomic E-state index is 3.44. The van der Waals surface area contributed by atoms with Crippen molar-refractivity contribution < 1.29 is 0 Å².